The second kappa shape index (κ2) is 5.08. The number of aryl methyl sites for hydroxylation is 1. The van der Waals surface area contributed by atoms with Gasteiger partial charge in [0, 0.05) is 27.9 Å². The smallest absolute Gasteiger partial charge is 0.123 e. The Balaban J connectivity index is 2.33. The Morgan fingerprint density at radius 3 is 2.62 bits per heavy atom. The molecule has 0 aliphatic carbocycles. The quantitative estimate of drug-likeness (QED) is 0.942. The molecule has 1 heterocycles. The van der Waals surface area contributed by atoms with E-state index in [9.17, 15) is 0 Å². The van der Waals surface area contributed by atoms with Crippen molar-refractivity contribution in [3.8, 4) is 10.6 Å². The molecule has 0 saturated heterocycles. The van der Waals surface area contributed by atoms with Gasteiger partial charge in [-0.2, -0.15) is 0 Å². The zero-order valence-electron chi connectivity index (χ0n) is 8.90. The fourth-order valence-corrected chi connectivity index (χ4v) is 2.71. The fraction of sp³-hybridized carbons (Fsp3) is 0.250. The molecule has 0 spiro atoms. The molecule has 1 aromatic carbocycles. The van der Waals surface area contributed by atoms with E-state index in [-0.39, 0.29) is 6.61 Å². The van der Waals surface area contributed by atoms with Crippen LogP contribution in [0, 0.1) is 6.92 Å². The molecular formula is C12H12BrNOS. The lowest BCUT2D eigenvalue weighted by Gasteiger charge is -1.95. The van der Waals surface area contributed by atoms with Gasteiger partial charge in [-0.05, 0) is 19.1 Å². The fourth-order valence-electron chi connectivity index (χ4n) is 1.48. The van der Waals surface area contributed by atoms with Crippen LogP contribution < -0.4 is 0 Å². The number of thiazole rings is 1. The predicted octanol–water partition coefficient (Wildman–Crippen LogP) is 3.42. The summed E-state index contributed by atoms with van der Waals surface area (Å²) in [6.45, 7) is 2.20. The van der Waals surface area contributed by atoms with Gasteiger partial charge in [-0.25, -0.2) is 4.98 Å². The van der Waals surface area contributed by atoms with E-state index in [1.54, 1.807) is 11.3 Å². The first-order valence-electron chi connectivity index (χ1n) is 5.04. The lowest BCUT2D eigenvalue weighted by Crippen LogP contribution is -1.92. The molecule has 4 heteroatoms. The van der Waals surface area contributed by atoms with Gasteiger partial charge in [-0.1, -0.05) is 28.1 Å². The Bertz CT molecular complexity index is 478. The van der Waals surface area contributed by atoms with Crippen molar-refractivity contribution in [1.82, 2.24) is 4.98 Å². The van der Waals surface area contributed by atoms with E-state index < -0.39 is 0 Å². The number of halogens is 1. The molecule has 16 heavy (non-hydrogen) atoms. The second-order valence-electron chi connectivity index (χ2n) is 3.50. The van der Waals surface area contributed by atoms with E-state index >= 15 is 0 Å². The van der Waals surface area contributed by atoms with Gasteiger partial charge < -0.3 is 5.11 Å². The zero-order valence-corrected chi connectivity index (χ0v) is 11.3. The predicted molar refractivity (Wildman–Crippen MR) is 70.8 cm³/mol. The number of aromatic nitrogens is 1. The van der Waals surface area contributed by atoms with Crippen LogP contribution >= 0.6 is 27.3 Å². The van der Waals surface area contributed by atoms with Crippen molar-refractivity contribution in [2.75, 3.05) is 6.61 Å². The molecule has 0 bridgehead atoms. The molecule has 0 saturated carbocycles. The summed E-state index contributed by atoms with van der Waals surface area (Å²) >= 11 is 5.09. The molecule has 2 rings (SSSR count). The Morgan fingerprint density at radius 1 is 1.31 bits per heavy atom. The van der Waals surface area contributed by atoms with Crippen LogP contribution in [0.15, 0.2) is 28.7 Å². The van der Waals surface area contributed by atoms with Crippen molar-refractivity contribution in [3.05, 3.63) is 39.3 Å². The SMILES string of the molecule is Cc1sc(-c2ccc(Br)cc2)nc1CCO. The maximum absolute atomic E-state index is 8.92. The maximum atomic E-state index is 8.92. The van der Waals surface area contributed by atoms with Gasteiger partial charge in [-0.15, -0.1) is 11.3 Å². The number of rotatable bonds is 3. The number of aliphatic hydroxyl groups is 1. The van der Waals surface area contributed by atoms with Crippen molar-refractivity contribution in [1.29, 1.82) is 0 Å². The van der Waals surface area contributed by atoms with Crippen LogP contribution in [0.5, 0.6) is 0 Å². The molecule has 0 amide bonds. The molecular weight excluding hydrogens is 286 g/mol. The summed E-state index contributed by atoms with van der Waals surface area (Å²) < 4.78 is 1.07. The third-order valence-electron chi connectivity index (χ3n) is 2.33. The maximum Gasteiger partial charge on any atom is 0.123 e. The van der Waals surface area contributed by atoms with Gasteiger partial charge in [0.05, 0.1) is 5.69 Å². The number of aliphatic hydroxyl groups excluding tert-OH is 1. The van der Waals surface area contributed by atoms with Crippen molar-refractivity contribution in [3.63, 3.8) is 0 Å². The minimum Gasteiger partial charge on any atom is -0.396 e. The number of hydrogen-bond donors (Lipinski definition) is 1. The molecule has 84 valence electrons. The average molecular weight is 298 g/mol. The lowest BCUT2D eigenvalue weighted by atomic mass is 10.2. The molecule has 0 aliphatic heterocycles. The summed E-state index contributed by atoms with van der Waals surface area (Å²) in [7, 11) is 0. The highest BCUT2D eigenvalue weighted by Crippen LogP contribution is 2.28. The second-order valence-corrected chi connectivity index (χ2v) is 5.62. The summed E-state index contributed by atoms with van der Waals surface area (Å²) in [5.74, 6) is 0. The summed E-state index contributed by atoms with van der Waals surface area (Å²) in [6, 6.07) is 8.12. The first-order chi connectivity index (χ1) is 7.70. The Labute approximate surface area is 107 Å². The van der Waals surface area contributed by atoms with Gasteiger partial charge in [0.2, 0.25) is 0 Å². The lowest BCUT2D eigenvalue weighted by molar-refractivity contribution is 0.298. The number of hydrogen-bond acceptors (Lipinski definition) is 3. The van der Waals surface area contributed by atoms with Crippen LogP contribution in [-0.4, -0.2) is 16.7 Å². The van der Waals surface area contributed by atoms with Crippen LogP contribution in [0.3, 0.4) is 0 Å². The molecule has 0 aliphatic rings. The van der Waals surface area contributed by atoms with E-state index in [1.165, 1.54) is 4.88 Å². The normalized spacial score (nSPS) is 10.7. The topological polar surface area (TPSA) is 33.1 Å². The van der Waals surface area contributed by atoms with Gasteiger partial charge in [0.25, 0.3) is 0 Å². The molecule has 2 nitrogen and oxygen atoms in total. The van der Waals surface area contributed by atoms with E-state index in [4.69, 9.17) is 5.11 Å². The Morgan fingerprint density at radius 2 is 2.00 bits per heavy atom. The third-order valence-corrected chi connectivity index (χ3v) is 3.92. The first kappa shape index (κ1) is 11.8. The van der Waals surface area contributed by atoms with E-state index in [1.807, 2.05) is 31.2 Å². The Kier molecular flexibility index (Phi) is 3.74. The molecule has 0 radical (unpaired) electrons. The minimum absolute atomic E-state index is 0.157. The average Bonchev–Trinajstić information content (AvgIpc) is 2.62. The standard InChI is InChI=1S/C12H12BrNOS/c1-8-11(6-7-15)14-12(16-8)9-2-4-10(13)5-3-9/h2-5,15H,6-7H2,1H3. The summed E-state index contributed by atoms with van der Waals surface area (Å²) in [4.78, 5) is 5.73. The Hall–Kier alpha value is -0.710. The highest BCUT2D eigenvalue weighted by Gasteiger charge is 2.08. The van der Waals surface area contributed by atoms with E-state index in [0.717, 1.165) is 20.7 Å². The first-order valence-corrected chi connectivity index (χ1v) is 6.65. The molecule has 0 unspecified atom stereocenters. The van der Waals surface area contributed by atoms with Gasteiger partial charge in [0.15, 0.2) is 0 Å². The zero-order chi connectivity index (χ0) is 11.5. The monoisotopic (exact) mass is 297 g/mol. The van der Waals surface area contributed by atoms with Crippen molar-refractivity contribution in [2.45, 2.75) is 13.3 Å². The van der Waals surface area contributed by atoms with Gasteiger partial charge in [0.1, 0.15) is 5.01 Å². The summed E-state index contributed by atoms with van der Waals surface area (Å²) in [5, 5.41) is 9.94. The van der Waals surface area contributed by atoms with Crippen LogP contribution in [0.2, 0.25) is 0 Å². The van der Waals surface area contributed by atoms with Crippen molar-refractivity contribution < 1.29 is 5.11 Å². The third kappa shape index (κ3) is 2.51. The van der Waals surface area contributed by atoms with Crippen molar-refractivity contribution >= 4 is 27.3 Å². The van der Waals surface area contributed by atoms with Gasteiger partial charge in [-0.3, -0.25) is 0 Å². The molecule has 0 fully saturated rings. The van der Waals surface area contributed by atoms with E-state index in [2.05, 4.69) is 20.9 Å². The highest BCUT2D eigenvalue weighted by atomic mass is 79.9. The summed E-state index contributed by atoms with van der Waals surface area (Å²) in [6.07, 6.45) is 0.638. The molecule has 0 atom stereocenters. The van der Waals surface area contributed by atoms with E-state index in [0.29, 0.717) is 6.42 Å². The molecule has 1 N–H and O–H groups in total. The van der Waals surface area contributed by atoms with Crippen LogP contribution in [0.4, 0.5) is 0 Å². The van der Waals surface area contributed by atoms with Gasteiger partial charge >= 0.3 is 0 Å². The van der Waals surface area contributed by atoms with Crippen LogP contribution in [-0.2, 0) is 6.42 Å². The number of nitrogens with zero attached hydrogens (tertiary/aromatic N) is 1. The number of benzene rings is 1. The molecule has 2 aromatic rings. The summed E-state index contributed by atoms with van der Waals surface area (Å²) in [5.41, 5.74) is 2.13. The highest BCUT2D eigenvalue weighted by molar-refractivity contribution is 9.10. The van der Waals surface area contributed by atoms with Crippen LogP contribution in [0.1, 0.15) is 10.6 Å². The van der Waals surface area contributed by atoms with Crippen molar-refractivity contribution in [2.24, 2.45) is 0 Å². The van der Waals surface area contributed by atoms with Crippen LogP contribution in [0.25, 0.3) is 10.6 Å². The molecule has 1 aromatic heterocycles. The minimum atomic E-state index is 0.157. The largest absolute Gasteiger partial charge is 0.396 e.